The zero-order valence-electron chi connectivity index (χ0n) is 23.8. The Morgan fingerprint density at radius 2 is 1.83 bits per heavy atom. The van der Waals surface area contributed by atoms with Crippen LogP contribution in [0.25, 0.3) is 0 Å². The van der Waals surface area contributed by atoms with E-state index in [4.69, 9.17) is 18.3 Å². The molecule has 0 unspecified atom stereocenters. The third-order valence-corrected chi connectivity index (χ3v) is 8.50. The fraction of sp³-hybridized carbons (Fsp3) is 0.500. The molecule has 0 spiro atoms. The highest BCUT2D eigenvalue weighted by molar-refractivity contribution is 6.36. The van der Waals surface area contributed by atoms with Crippen LogP contribution in [0.2, 0.25) is 0 Å². The maximum Gasteiger partial charge on any atom is 0.322 e. The normalized spacial score (nSPS) is 18.3. The van der Waals surface area contributed by atoms with Gasteiger partial charge in [0.2, 0.25) is 5.91 Å². The molecule has 2 saturated heterocycles. The van der Waals surface area contributed by atoms with Crippen molar-refractivity contribution in [1.82, 2.24) is 20.0 Å². The molecule has 0 atom stereocenters. The van der Waals surface area contributed by atoms with E-state index in [-0.39, 0.29) is 30.4 Å². The highest BCUT2D eigenvalue weighted by atomic mass is 16.5. The number of carbonyl (C=O) groups excluding carboxylic acids is 3. The smallest absolute Gasteiger partial charge is 0.322 e. The van der Waals surface area contributed by atoms with Crippen LogP contribution in [0.15, 0.2) is 30.3 Å². The van der Waals surface area contributed by atoms with Crippen LogP contribution in [0, 0.1) is 0 Å². The minimum absolute atomic E-state index is 0.0425. The number of hydrogen-bond donors (Lipinski definition) is 3. The molecule has 0 aromatic heterocycles. The SMILES string of the molecule is [B]c1cc(C(=O)NCC(=O)N2CCC(N3CCc4cc(OC)ccc4NC3=O)CC2)cc(CN2CCCCC2)c1N. The van der Waals surface area contributed by atoms with Crippen molar-refractivity contribution in [3.8, 4) is 5.75 Å². The molecule has 3 aliphatic rings. The number of anilines is 2. The Morgan fingerprint density at radius 1 is 1.07 bits per heavy atom. The van der Waals surface area contributed by atoms with E-state index in [1.165, 1.54) is 6.42 Å². The first-order chi connectivity index (χ1) is 19.8. The molecule has 10 nitrogen and oxygen atoms in total. The van der Waals surface area contributed by atoms with Gasteiger partial charge in [-0.15, -0.1) is 0 Å². The number of methoxy groups -OCH3 is 1. The number of amides is 4. The quantitative estimate of drug-likeness (QED) is 0.353. The second-order valence-electron chi connectivity index (χ2n) is 11.2. The number of nitrogen functional groups attached to an aromatic ring is 1. The Bertz CT molecular complexity index is 1290. The van der Waals surface area contributed by atoms with E-state index in [1.807, 2.05) is 23.1 Å². The van der Waals surface area contributed by atoms with E-state index >= 15 is 0 Å². The van der Waals surface area contributed by atoms with E-state index < -0.39 is 0 Å². The van der Waals surface area contributed by atoms with E-state index in [1.54, 1.807) is 24.1 Å². The summed E-state index contributed by atoms with van der Waals surface area (Å²) in [4.78, 5) is 44.8. The summed E-state index contributed by atoms with van der Waals surface area (Å²) in [5.41, 5.74) is 10.2. The molecule has 2 fully saturated rings. The number of nitrogens with one attached hydrogen (secondary N) is 2. The Balaban J connectivity index is 1.12. The average Bonchev–Trinajstić information content (AvgIpc) is 3.16. The van der Waals surface area contributed by atoms with Gasteiger partial charge in [-0.2, -0.15) is 0 Å². The molecule has 5 rings (SSSR count). The van der Waals surface area contributed by atoms with E-state index in [0.717, 1.165) is 54.9 Å². The standard InChI is InChI=1S/C30H39BN6O4/c1-41-24-5-6-26-20(16-24)7-14-37(30(40)34-26)23-8-12-36(13-9-23)27(38)18-33-29(39)21-15-22(28(32)25(31)17-21)19-35-10-3-2-4-11-35/h5-6,15-17,23H,2-4,7-14,18-19,32H2,1H3,(H,33,39)(H,34,40). The average molecular weight is 558 g/mol. The summed E-state index contributed by atoms with van der Waals surface area (Å²) in [7, 11) is 7.76. The van der Waals surface area contributed by atoms with Crippen molar-refractivity contribution in [2.45, 2.75) is 51.1 Å². The number of carbonyl (C=O) groups is 3. The van der Waals surface area contributed by atoms with Crippen LogP contribution in [-0.2, 0) is 17.8 Å². The third kappa shape index (κ3) is 6.78. The number of benzene rings is 2. The molecular weight excluding hydrogens is 519 g/mol. The Labute approximate surface area is 243 Å². The lowest BCUT2D eigenvalue weighted by molar-refractivity contribution is -0.131. The number of rotatable bonds is 7. The van der Waals surface area contributed by atoms with Crippen molar-refractivity contribution in [2.75, 3.05) is 57.4 Å². The Hall–Kier alpha value is -3.73. The van der Waals surface area contributed by atoms with Crippen molar-refractivity contribution in [1.29, 1.82) is 0 Å². The molecule has 0 aliphatic carbocycles. The van der Waals surface area contributed by atoms with Gasteiger partial charge >= 0.3 is 6.03 Å². The van der Waals surface area contributed by atoms with Crippen molar-refractivity contribution < 1.29 is 19.1 Å². The lowest BCUT2D eigenvalue weighted by atomic mass is 9.89. The van der Waals surface area contributed by atoms with Crippen LogP contribution >= 0.6 is 0 Å². The van der Waals surface area contributed by atoms with Crippen LogP contribution in [0.4, 0.5) is 16.2 Å². The van der Waals surface area contributed by atoms with Crippen molar-refractivity contribution >= 4 is 42.5 Å². The minimum Gasteiger partial charge on any atom is -0.497 e. The summed E-state index contributed by atoms with van der Waals surface area (Å²) in [5.74, 6) is 0.272. The first kappa shape index (κ1) is 28.8. The molecule has 41 heavy (non-hydrogen) atoms. The zero-order chi connectivity index (χ0) is 28.9. The van der Waals surface area contributed by atoms with E-state index in [9.17, 15) is 14.4 Å². The highest BCUT2D eigenvalue weighted by Gasteiger charge is 2.31. The lowest BCUT2D eigenvalue weighted by Gasteiger charge is -2.38. The van der Waals surface area contributed by atoms with E-state index in [0.29, 0.717) is 55.7 Å². The largest absolute Gasteiger partial charge is 0.497 e. The van der Waals surface area contributed by atoms with E-state index in [2.05, 4.69) is 15.5 Å². The first-order valence-corrected chi connectivity index (χ1v) is 14.5. The van der Waals surface area contributed by atoms with Crippen LogP contribution in [0.5, 0.6) is 5.75 Å². The second kappa shape index (κ2) is 12.8. The van der Waals surface area contributed by atoms with Gasteiger partial charge in [-0.1, -0.05) is 17.9 Å². The predicted molar refractivity (Wildman–Crippen MR) is 160 cm³/mol. The minimum atomic E-state index is -0.350. The number of ether oxygens (including phenoxy) is 1. The number of hydrogen-bond acceptors (Lipinski definition) is 6. The molecule has 2 aromatic carbocycles. The molecule has 3 heterocycles. The molecule has 11 heteroatoms. The van der Waals surface area contributed by atoms with Gasteiger partial charge in [0.1, 0.15) is 13.6 Å². The molecule has 2 aromatic rings. The van der Waals surface area contributed by atoms with Gasteiger partial charge in [-0.3, -0.25) is 14.5 Å². The number of likely N-dealkylation sites (tertiary alicyclic amines) is 2. The molecule has 2 radical (unpaired) electrons. The number of piperidine rings is 2. The van der Waals surface area contributed by atoms with Crippen molar-refractivity contribution in [2.24, 2.45) is 0 Å². The zero-order valence-corrected chi connectivity index (χ0v) is 23.8. The fourth-order valence-corrected chi connectivity index (χ4v) is 6.06. The van der Waals surface area contributed by atoms with Gasteiger partial charge in [0, 0.05) is 49.2 Å². The summed E-state index contributed by atoms with van der Waals surface area (Å²) in [5, 5.41) is 5.78. The maximum absolute atomic E-state index is 13.0. The summed E-state index contributed by atoms with van der Waals surface area (Å²) >= 11 is 0. The molecule has 3 aliphatic heterocycles. The van der Waals surface area contributed by atoms with Gasteiger partial charge in [-0.05, 0) is 80.6 Å². The summed E-state index contributed by atoms with van der Waals surface area (Å²) in [6, 6.07) is 8.96. The summed E-state index contributed by atoms with van der Waals surface area (Å²) in [6.45, 7) is 4.22. The van der Waals surface area contributed by atoms with Crippen molar-refractivity contribution in [3.63, 3.8) is 0 Å². The highest BCUT2D eigenvalue weighted by Crippen LogP contribution is 2.28. The number of fused-ring (bicyclic) bond motifs is 1. The Morgan fingerprint density at radius 3 is 2.56 bits per heavy atom. The summed E-state index contributed by atoms with van der Waals surface area (Å²) in [6.07, 6.45) is 5.64. The van der Waals surface area contributed by atoms with Gasteiger partial charge in [0.25, 0.3) is 5.91 Å². The van der Waals surface area contributed by atoms with Crippen LogP contribution in [-0.4, -0.2) is 92.8 Å². The first-order valence-electron chi connectivity index (χ1n) is 14.5. The van der Waals surface area contributed by atoms with Crippen molar-refractivity contribution in [3.05, 3.63) is 47.0 Å². The number of nitrogens with two attached hydrogens (primary N) is 1. The molecular formula is C30H39BN6O4. The van der Waals surface area contributed by atoms with Crippen LogP contribution < -0.4 is 26.6 Å². The molecule has 216 valence electrons. The third-order valence-electron chi connectivity index (χ3n) is 8.50. The van der Waals surface area contributed by atoms with Gasteiger partial charge < -0.3 is 30.9 Å². The molecule has 4 amide bonds. The molecule has 4 N–H and O–H groups in total. The molecule has 0 bridgehead atoms. The second-order valence-corrected chi connectivity index (χ2v) is 11.2. The molecule has 0 saturated carbocycles. The van der Waals surface area contributed by atoms with Crippen LogP contribution in [0.1, 0.15) is 53.6 Å². The number of urea groups is 1. The predicted octanol–water partition coefficient (Wildman–Crippen LogP) is 1.87. The fourth-order valence-electron chi connectivity index (χ4n) is 6.06. The van der Waals surface area contributed by atoms with Gasteiger partial charge in [0.15, 0.2) is 0 Å². The topological polar surface area (TPSA) is 120 Å². The number of nitrogens with zero attached hydrogens (tertiary/aromatic N) is 3. The lowest BCUT2D eigenvalue weighted by Crippen LogP contribution is -2.51. The Kier molecular flexibility index (Phi) is 9.02. The maximum atomic E-state index is 13.0. The monoisotopic (exact) mass is 558 g/mol. The van der Waals surface area contributed by atoms with Crippen LogP contribution in [0.3, 0.4) is 0 Å². The van der Waals surface area contributed by atoms with Gasteiger partial charge in [-0.25, -0.2) is 4.79 Å². The summed E-state index contributed by atoms with van der Waals surface area (Å²) < 4.78 is 5.33. The van der Waals surface area contributed by atoms with Gasteiger partial charge in [0.05, 0.1) is 13.7 Å².